The van der Waals surface area contributed by atoms with Crippen molar-refractivity contribution in [2.45, 2.75) is 27.7 Å². The Morgan fingerprint density at radius 3 is 2.03 bits per heavy atom. The van der Waals surface area contributed by atoms with E-state index in [0.29, 0.717) is 0 Å². The van der Waals surface area contributed by atoms with Crippen molar-refractivity contribution < 1.29 is 4.74 Å². The molecule has 0 heterocycles. The molecule has 0 saturated carbocycles. The van der Waals surface area contributed by atoms with Gasteiger partial charge in [0, 0.05) is 32.2 Å². The van der Waals surface area contributed by atoms with E-state index in [1.165, 1.54) is 0 Å². The molecule has 0 saturated heterocycles. The van der Waals surface area contributed by atoms with Crippen LogP contribution in [0.2, 0.25) is 0 Å². The molecular weight excluding hydrogens is 406 g/mol. The quantitative estimate of drug-likeness (QED) is 0.242. The van der Waals surface area contributed by atoms with Gasteiger partial charge in [0.05, 0.1) is 11.4 Å². The van der Waals surface area contributed by atoms with E-state index in [1.807, 2.05) is 132 Å². The van der Waals surface area contributed by atoms with Crippen LogP contribution in [0.25, 0.3) is 0 Å². The largest absolute Gasteiger partial charge is 0.457 e. The predicted octanol–water partition coefficient (Wildman–Crippen LogP) is 7.98. The van der Waals surface area contributed by atoms with Crippen molar-refractivity contribution in [1.82, 2.24) is 4.90 Å². The second-order valence-corrected chi connectivity index (χ2v) is 7.49. The van der Waals surface area contributed by atoms with Gasteiger partial charge in [0.15, 0.2) is 0 Å². The zero-order valence-corrected chi connectivity index (χ0v) is 20.8. The van der Waals surface area contributed by atoms with Crippen molar-refractivity contribution in [2.24, 2.45) is 4.99 Å². The van der Waals surface area contributed by atoms with Gasteiger partial charge in [-0.2, -0.15) is 0 Å². The van der Waals surface area contributed by atoms with Gasteiger partial charge < -0.3 is 15.0 Å². The smallest absolute Gasteiger partial charge is 0.127 e. The Kier molecular flexibility index (Phi) is 12.5. The Hall–Kier alpha value is -3.79. The number of nitrogens with zero attached hydrogens (tertiary/aromatic N) is 2. The van der Waals surface area contributed by atoms with Gasteiger partial charge in [-0.3, -0.25) is 4.99 Å². The lowest BCUT2D eigenvalue weighted by molar-refractivity contribution is 0.483. The van der Waals surface area contributed by atoms with Crippen LogP contribution < -0.4 is 10.1 Å². The van der Waals surface area contributed by atoms with Gasteiger partial charge in [-0.1, -0.05) is 49.6 Å². The first-order valence-electron chi connectivity index (χ1n) is 10.9. The summed E-state index contributed by atoms with van der Waals surface area (Å²) in [5, 5.41) is 3.28. The third-order valence-corrected chi connectivity index (χ3v) is 4.42. The lowest BCUT2D eigenvalue weighted by atomic mass is 10.1. The first kappa shape index (κ1) is 27.2. The van der Waals surface area contributed by atoms with Gasteiger partial charge in [-0.25, -0.2) is 0 Å². The molecule has 0 aliphatic rings. The summed E-state index contributed by atoms with van der Waals surface area (Å²) in [6, 6.07) is 17.4. The van der Waals surface area contributed by atoms with Crippen LogP contribution in [0.1, 0.15) is 27.7 Å². The summed E-state index contributed by atoms with van der Waals surface area (Å²) >= 11 is 0. The number of hydrogen-bond acceptors (Lipinski definition) is 4. The molecule has 0 fully saturated rings. The lowest BCUT2D eigenvalue weighted by Crippen LogP contribution is -2.06. The van der Waals surface area contributed by atoms with Crippen molar-refractivity contribution >= 4 is 11.4 Å². The third-order valence-electron chi connectivity index (χ3n) is 4.42. The van der Waals surface area contributed by atoms with Crippen LogP contribution in [-0.4, -0.2) is 24.7 Å². The van der Waals surface area contributed by atoms with Gasteiger partial charge in [0.1, 0.15) is 11.5 Å². The number of nitrogens with one attached hydrogen (secondary N) is 1. The molecule has 174 valence electrons. The lowest BCUT2D eigenvalue weighted by Gasteiger charge is -2.11. The van der Waals surface area contributed by atoms with E-state index in [2.05, 4.69) is 23.5 Å². The molecule has 0 spiro atoms. The molecule has 0 aromatic heterocycles. The summed E-state index contributed by atoms with van der Waals surface area (Å²) in [7, 11) is 3.96. The van der Waals surface area contributed by atoms with E-state index < -0.39 is 0 Å². The highest BCUT2D eigenvalue weighted by atomic mass is 16.5. The number of benzene rings is 2. The Bertz CT molecular complexity index is 991. The van der Waals surface area contributed by atoms with Crippen molar-refractivity contribution in [3.63, 3.8) is 0 Å². The van der Waals surface area contributed by atoms with Crippen LogP contribution in [-0.2, 0) is 0 Å². The standard InChI is InChI=1S/C25H29N3O.C4H8/c1-7-22(18-28(5)6)19(2)17-26-20(3)21(4)27-23-13-15-25(16-14-23)29-24-11-9-8-10-12-24;1-3-4-2/h7-18,27H,1,4H2,2-3,5-6H3;3-4H,1-2H3/b19-17+,22-18-,26-20?;4-3-. The van der Waals surface area contributed by atoms with Crippen LogP contribution in [0.5, 0.6) is 11.5 Å². The second kappa shape index (κ2) is 15.1. The van der Waals surface area contributed by atoms with Gasteiger partial charge in [-0.15, -0.1) is 0 Å². The number of allylic oxidation sites excluding steroid dienone is 6. The van der Waals surface area contributed by atoms with E-state index >= 15 is 0 Å². The summed E-state index contributed by atoms with van der Waals surface area (Å²) in [5.74, 6) is 1.59. The number of ether oxygens (including phenoxy) is 1. The van der Waals surface area contributed by atoms with E-state index in [1.54, 1.807) is 0 Å². The monoisotopic (exact) mass is 443 g/mol. The molecule has 0 unspecified atom stereocenters. The number of rotatable bonds is 9. The van der Waals surface area contributed by atoms with Crippen LogP contribution >= 0.6 is 0 Å². The van der Waals surface area contributed by atoms with E-state index in [-0.39, 0.29) is 0 Å². The van der Waals surface area contributed by atoms with Crippen LogP contribution in [0.4, 0.5) is 5.69 Å². The number of para-hydroxylation sites is 1. The molecule has 33 heavy (non-hydrogen) atoms. The van der Waals surface area contributed by atoms with Gasteiger partial charge >= 0.3 is 0 Å². The minimum Gasteiger partial charge on any atom is -0.457 e. The van der Waals surface area contributed by atoms with Crippen molar-refractivity contribution in [1.29, 1.82) is 0 Å². The topological polar surface area (TPSA) is 36.9 Å². The summed E-state index contributed by atoms with van der Waals surface area (Å²) in [5.41, 5.74) is 4.53. The molecule has 0 aliphatic carbocycles. The van der Waals surface area contributed by atoms with Crippen molar-refractivity contribution in [3.05, 3.63) is 115 Å². The molecule has 2 rings (SSSR count). The zero-order chi connectivity index (χ0) is 24.6. The first-order chi connectivity index (χ1) is 15.8. The summed E-state index contributed by atoms with van der Waals surface area (Å²) in [6.07, 6.45) is 9.66. The number of hydrogen-bond donors (Lipinski definition) is 1. The molecule has 2 aromatic carbocycles. The Labute approximate surface area is 200 Å². The maximum absolute atomic E-state index is 5.81. The molecule has 0 bridgehead atoms. The molecule has 0 atom stereocenters. The predicted molar refractivity (Wildman–Crippen MR) is 145 cm³/mol. The van der Waals surface area contributed by atoms with Crippen molar-refractivity contribution in [2.75, 3.05) is 19.4 Å². The van der Waals surface area contributed by atoms with Crippen LogP contribution in [0.3, 0.4) is 0 Å². The number of anilines is 1. The van der Waals surface area contributed by atoms with Gasteiger partial charge in [0.25, 0.3) is 0 Å². The van der Waals surface area contributed by atoms with Gasteiger partial charge in [0.2, 0.25) is 0 Å². The Morgan fingerprint density at radius 2 is 1.52 bits per heavy atom. The van der Waals surface area contributed by atoms with Crippen LogP contribution in [0, 0.1) is 0 Å². The zero-order valence-electron chi connectivity index (χ0n) is 20.8. The average Bonchev–Trinajstić information content (AvgIpc) is 2.82. The normalized spacial score (nSPS) is 12.0. The fraction of sp³-hybridized carbons (Fsp3) is 0.207. The first-order valence-corrected chi connectivity index (χ1v) is 10.9. The highest BCUT2D eigenvalue weighted by Crippen LogP contribution is 2.23. The maximum Gasteiger partial charge on any atom is 0.127 e. The van der Waals surface area contributed by atoms with E-state index in [4.69, 9.17) is 4.74 Å². The van der Waals surface area contributed by atoms with E-state index in [9.17, 15) is 0 Å². The SMILES string of the molecule is C/C=C\C.C=CC(=C/N(C)C)/C(C)=C/N=C(C)C(=C)Nc1ccc(Oc2ccccc2)cc1. The fourth-order valence-electron chi connectivity index (χ4n) is 2.44. The minimum absolute atomic E-state index is 0.738. The molecular formula is C29H37N3O. The fourth-order valence-corrected chi connectivity index (χ4v) is 2.44. The Balaban J connectivity index is 0.00000125. The summed E-state index contributed by atoms with van der Waals surface area (Å²) in [4.78, 5) is 6.51. The molecule has 0 amide bonds. The molecule has 4 nitrogen and oxygen atoms in total. The molecule has 0 radical (unpaired) electrons. The minimum atomic E-state index is 0.738. The molecule has 2 aromatic rings. The van der Waals surface area contributed by atoms with E-state index in [0.717, 1.165) is 39.7 Å². The molecule has 0 aliphatic heterocycles. The molecule has 4 heteroatoms. The molecule has 1 N–H and O–H groups in total. The number of aliphatic imine (C=N–C) groups is 1. The van der Waals surface area contributed by atoms with Crippen molar-refractivity contribution in [3.8, 4) is 11.5 Å². The highest BCUT2D eigenvalue weighted by molar-refractivity contribution is 6.00. The highest BCUT2D eigenvalue weighted by Gasteiger charge is 2.02. The summed E-state index contributed by atoms with van der Waals surface area (Å²) in [6.45, 7) is 15.9. The third kappa shape index (κ3) is 10.9. The second-order valence-electron chi connectivity index (χ2n) is 7.49. The van der Waals surface area contributed by atoms with Gasteiger partial charge in [-0.05, 0) is 75.2 Å². The van der Waals surface area contributed by atoms with Crippen LogP contribution in [0.15, 0.2) is 120 Å². The summed E-state index contributed by atoms with van der Waals surface area (Å²) < 4.78 is 5.81. The average molecular weight is 444 g/mol. The Morgan fingerprint density at radius 1 is 0.939 bits per heavy atom. The maximum atomic E-state index is 5.81.